The van der Waals surface area contributed by atoms with Crippen LogP contribution in [0, 0.1) is 0 Å². The number of rotatable bonds is 0. The molecule has 5 heteroatoms. The van der Waals surface area contributed by atoms with Crippen molar-refractivity contribution in [2.75, 3.05) is 0 Å². The van der Waals surface area contributed by atoms with Gasteiger partial charge in [0, 0.05) is 18.1 Å². The van der Waals surface area contributed by atoms with Crippen LogP contribution in [-0.2, 0) is 15.0 Å². The number of imide groups is 1. The largest absolute Gasteiger partial charge is 0.445 e. The monoisotopic (exact) mass is 223 g/mol. The highest BCUT2D eigenvalue weighted by atomic mass is 35.5. The maximum atomic E-state index is 11.7. The average molecular weight is 224 g/mol. The van der Waals surface area contributed by atoms with Crippen molar-refractivity contribution in [3.05, 3.63) is 28.7 Å². The number of carbonyl (C=O) groups is 2. The van der Waals surface area contributed by atoms with Gasteiger partial charge in [0.25, 0.3) is 0 Å². The summed E-state index contributed by atoms with van der Waals surface area (Å²) in [6.07, 6.45) is 3.50. The molecule has 1 atom stereocenters. The van der Waals surface area contributed by atoms with E-state index in [-0.39, 0.29) is 23.5 Å². The van der Waals surface area contributed by atoms with E-state index in [9.17, 15) is 9.59 Å². The molecule has 1 saturated heterocycles. The molecule has 3 rings (SSSR count). The maximum Gasteiger partial charge on any atom is 0.241 e. The third-order valence-corrected chi connectivity index (χ3v) is 3.01. The summed E-state index contributed by atoms with van der Waals surface area (Å²) in [7, 11) is 0. The molecule has 76 valence electrons. The molecule has 4 nitrogen and oxygen atoms in total. The topological polar surface area (TPSA) is 59.3 Å². The van der Waals surface area contributed by atoms with Gasteiger partial charge in [-0.25, -0.2) is 0 Å². The zero-order valence-corrected chi connectivity index (χ0v) is 8.30. The summed E-state index contributed by atoms with van der Waals surface area (Å²) in [6.45, 7) is 0. The highest BCUT2D eigenvalue weighted by Gasteiger charge is 2.50. The molecule has 1 fully saturated rings. The Morgan fingerprint density at radius 2 is 2.27 bits per heavy atom. The van der Waals surface area contributed by atoms with Crippen LogP contribution < -0.4 is 5.32 Å². The van der Waals surface area contributed by atoms with Crippen molar-refractivity contribution in [2.24, 2.45) is 0 Å². The normalized spacial score (nSPS) is 27.5. The fraction of sp³-hybridized carbons (Fsp3) is 0.200. The number of hydrogen-bond acceptors (Lipinski definition) is 3. The molecule has 15 heavy (non-hydrogen) atoms. The fourth-order valence-electron chi connectivity index (χ4n) is 2.12. The Kier molecular flexibility index (Phi) is 1.47. The minimum Gasteiger partial charge on any atom is -0.445 e. The summed E-state index contributed by atoms with van der Waals surface area (Å²) in [5.74, 6) is -0.0142. The number of nitrogens with one attached hydrogen (secondary N) is 1. The van der Waals surface area contributed by atoms with E-state index in [0.717, 1.165) is 0 Å². The molecule has 1 aromatic heterocycles. The van der Waals surface area contributed by atoms with Gasteiger partial charge in [-0.3, -0.25) is 14.9 Å². The Hall–Kier alpha value is -1.55. The lowest BCUT2D eigenvalue weighted by atomic mass is 9.82. The molecule has 1 N–H and O–H groups in total. The molecule has 0 bridgehead atoms. The van der Waals surface area contributed by atoms with E-state index in [0.29, 0.717) is 11.3 Å². The summed E-state index contributed by atoms with van der Waals surface area (Å²) >= 11 is 5.71. The second kappa shape index (κ2) is 2.52. The highest BCUT2D eigenvalue weighted by Crippen LogP contribution is 2.43. The molecule has 2 heterocycles. The molecule has 0 radical (unpaired) electrons. The molecule has 1 aromatic rings. The number of furan rings is 1. The van der Waals surface area contributed by atoms with Gasteiger partial charge in [0.2, 0.25) is 11.8 Å². The lowest BCUT2D eigenvalue weighted by Gasteiger charge is -2.15. The molecule has 1 unspecified atom stereocenters. The lowest BCUT2D eigenvalue weighted by Crippen LogP contribution is -2.32. The molecular formula is C10H6ClNO3. The van der Waals surface area contributed by atoms with Crippen molar-refractivity contribution < 1.29 is 14.0 Å². The standard InChI is InChI=1S/C10H6ClNO3/c11-7-3-5-6(15-7)1-2-10(5)4-8(13)12-9(10)14/h1-3H,4H2,(H,12,13,14). The second-order valence-electron chi connectivity index (χ2n) is 3.69. The van der Waals surface area contributed by atoms with E-state index in [1.807, 2.05) is 0 Å². The number of fused-ring (bicyclic) bond motifs is 2. The van der Waals surface area contributed by atoms with Gasteiger partial charge in [0.05, 0.1) is 0 Å². The molecule has 1 aliphatic carbocycles. The Bertz CT molecular complexity index is 517. The molecular weight excluding hydrogens is 218 g/mol. The van der Waals surface area contributed by atoms with Gasteiger partial charge in [0.1, 0.15) is 11.2 Å². The Morgan fingerprint density at radius 3 is 2.93 bits per heavy atom. The summed E-state index contributed by atoms with van der Waals surface area (Å²) in [5, 5.41) is 2.52. The minimum absolute atomic E-state index is 0.130. The van der Waals surface area contributed by atoms with Gasteiger partial charge in [0.15, 0.2) is 5.22 Å². The Labute approximate surface area is 89.9 Å². The first-order valence-electron chi connectivity index (χ1n) is 4.45. The maximum absolute atomic E-state index is 11.7. The molecule has 0 saturated carbocycles. The van der Waals surface area contributed by atoms with E-state index in [4.69, 9.17) is 16.0 Å². The number of halogens is 1. The molecule has 1 spiro atoms. The Balaban J connectivity index is 2.20. The SMILES string of the molecule is O=C1CC2(C=Cc3oc(Cl)cc32)C(=O)N1. The van der Waals surface area contributed by atoms with Crippen LogP contribution in [0.3, 0.4) is 0 Å². The number of amides is 2. The van der Waals surface area contributed by atoms with Crippen LogP contribution in [0.2, 0.25) is 5.22 Å². The van der Waals surface area contributed by atoms with Crippen molar-refractivity contribution in [1.82, 2.24) is 5.32 Å². The minimum atomic E-state index is -0.886. The molecule has 0 aromatic carbocycles. The lowest BCUT2D eigenvalue weighted by molar-refractivity contribution is -0.125. The van der Waals surface area contributed by atoms with E-state index >= 15 is 0 Å². The van der Waals surface area contributed by atoms with Crippen LogP contribution >= 0.6 is 11.6 Å². The van der Waals surface area contributed by atoms with Crippen molar-refractivity contribution in [2.45, 2.75) is 11.8 Å². The third kappa shape index (κ3) is 0.969. The Morgan fingerprint density at radius 1 is 1.47 bits per heavy atom. The van der Waals surface area contributed by atoms with Crippen molar-refractivity contribution in [3.63, 3.8) is 0 Å². The summed E-state index contributed by atoms with van der Waals surface area (Å²) in [4.78, 5) is 22.9. The summed E-state index contributed by atoms with van der Waals surface area (Å²) in [5.41, 5.74) is -0.209. The first-order chi connectivity index (χ1) is 7.12. The van der Waals surface area contributed by atoms with Gasteiger partial charge in [-0.05, 0) is 17.7 Å². The zero-order chi connectivity index (χ0) is 10.6. The number of hydrogen-bond donors (Lipinski definition) is 1. The van der Waals surface area contributed by atoms with Gasteiger partial charge in [-0.1, -0.05) is 6.08 Å². The second-order valence-corrected chi connectivity index (χ2v) is 4.06. The van der Waals surface area contributed by atoms with Crippen LogP contribution in [0.15, 0.2) is 16.6 Å². The van der Waals surface area contributed by atoms with Crippen LogP contribution in [0.5, 0.6) is 0 Å². The summed E-state index contributed by atoms with van der Waals surface area (Å²) < 4.78 is 5.18. The quantitative estimate of drug-likeness (QED) is 0.674. The predicted octanol–water partition coefficient (Wildman–Crippen LogP) is 1.24. The van der Waals surface area contributed by atoms with Crippen molar-refractivity contribution in [1.29, 1.82) is 0 Å². The predicted molar refractivity (Wildman–Crippen MR) is 52.2 cm³/mol. The van der Waals surface area contributed by atoms with E-state index in [2.05, 4.69) is 5.32 Å². The third-order valence-electron chi connectivity index (χ3n) is 2.83. The van der Waals surface area contributed by atoms with Gasteiger partial charge in [-0.2, -0.15) is 0 Å². The zero-order valence-electron chi connectivity index (χ0n) is 7.54. The van der Waals surface area contributed by atoms with Crippen LogP contribution in [0.4, 0.5) is 0 Å². The van der Waals surface area contributed by atoms with E-state index in [1.165, 1.54) is 0 Å². The fourth-order valence-corrected chi connectivity index (χ4v) is 2.31. The van der Waals surface area contributed by atoms with Gasteiger partial charge < -0.3 is 4.42 Å². The van der Waals surface area contributed by atoms with Gasteiger partial charge in [-0.15, -0.1) is 0 Å². The number of carbonyl (C=O) groups excluding carboxylic acids is 2. The van der Waals surface area contributed by atoms with Crippen LogP contribution in [0.1, 0.15) is 17.7 Å². The van der Waals surface area contributed by atoms with Crippen LogP contribution in [0.25, 0.3) is 6.08 Å². The average Bonchev–Trinajstić information content (AvgIpc) is 2.73. The van der Waals surface area contributed by atoms with Crippen LogP contribution in [-0.4, -0.2) is 11.8 Å². The summed E-state index contributed by atoms with van der Waals surface area (Å²) in [6, 6.07) is 1.59. The van der Waals surface area contributed by atoms with Crippen molar-refractivity contribution >= 4 is 29.5 Å². The van der Waals surface area contributed by atoms with E-state index < -0.39 is 5.41 Å². The first-order valence-corrected chi connectivity index (χ1v) is 4.83. The molecule has 2 amide bonds. The smallest absolute Gasteiger partial charge is 0.241 e. The molecule has 2 aliphatic rings. The van der Waals surface area contributed by atoms with E-state index in [1.54, 1.807) is 18.2 Å². The first kappa shape index (κ1) is 8.73. The highest BCUT2D eigenvalue weighted by molar-refractivity contribution is 6.29. The van der Waals surface area contributed by atoms with Gasteiger partial charge >= 0.3 is 0 Å². The molecule has 1 aliphatic heterocycles. The van der Waals surface area contributed by atoms with Crippen molar-refractivity contribution in [3.8, 4) is 0 Å².